The fourth-order valence-electron chi connectivity index (χ4n) is 1.87. The third kappa shape index (κ3) is 2.63. The van der Waals surface area contributed by atoms with Gasteiger partial charge < -0.3 is 5.11 Å². The number of hydrogen-bond donors (Lipinski definition) is 1. The summed E-state index contributed by atoms with van der Waals surface area (Å²) in [6, 6.07) is 6.69. The third-order valence-electron chi connectivity index (χ3n) is 2.87. The molecule has 1 aromatic carbocycles. The van der Waals surface area contributed by atoms with E-state index in [1.807, 2.05) is 6.92 Å². The molecular formula is C13H13F3N2O. The first kappa shape index (κ1) is 13.6. The van der Waals surface area contributed by atoms with Crippen molar-refractivity contribution in [1.82, 2.24) is 9.78 Å². The van der Waals surface area contributed by atoms with E-state index in [9.17, 15) is 13.2 Å². The molecule has 0 saturated carbocycles. The molecule has 1 N–H and O–H groups in total. The van der Waals surface area contributed by atoms with E-state index in [2.05, 4.69) is 5.10 Å². The summed E-state index contributed by atoms with van der Waals surface area (Å²) in [6.07, 6.45) is -2.71. The van der Waals surface area contributed by atoms with Gasteiger partial charge in [-0.2, -0.15) is 18.3 Å². The molecule has 102 valence electrons. The summed E-state index contributed by atoms with van der Waals surface area (Å²) < 4.78 is 39.8. The predicted octanol–water partition coefficient (Wildman–Crippen LogP) is 2.95. The van der Waals surface area contributed by atoms with Gasteiger partial charge in [0, 0.05) is 5.56 Å². The minimum atomic E-state index is -4.56. The van der Waals surface area contributed by atoms with Gasteiger partial charge in [-0.1, -0.05) is 19.1 Å². The lowest BCUT2D eigenvalue weighted by molar-refractivity contribution is -0.143. The SMILES string of the molecule is CCc1ccc(-n2ncc(CO)c2C(F)(F)F)cc1. The van der Waals surface area contributed by atoms with E-state index in [4.69, 9.17) is 5.11 Å². The molecule has 6 heteroatoms. The molecule has 0 aliphatic heterocycles. The van der Waals surface area contributed by atoms with Crippen molar-refractivity contribution in [3.63, 3.8) is 0 Å². The maximum absolute atomic E-state index is 13.0. The lowest BCUT2D eigenvalue weighted by Gasteiger charge is -2.12. The second-order valence-electron chi connectivity index (χ2n) is 4.11. The lowest BCUT2D eigenvalue weighted by atomic mass is 10.1. The van der Waals surface area contributed by atoms with Crippen LogP contribution < -0.4 is 0 Å². The van der Waals surface area contributed by atoms with E-state index >= 15 is 0 Å². The molecule has 19 heavy (non-hydrogen) atoms. The first-order valence-electron chi connectivity index (χ1n) is 5.81. The number of aliphatic hydroxyl groups is 1. The van der Waals surface area contributed by atoms with Gasteiger partial charge in [0.25, 0.3) is 0 Å². The lowest BCUT2D eigenvalue weighted by Crippen LogP contribution is -2.15. The zero-order valence-electron chi connectivity index (χ0n) is 10.3. The minimum absolute atomic E-state index is 0.230. The molecular weight excluding hydrogens is 257 g/mol. The number of halogens is 3. The standard InChI is InChI=1S/C13H13F3N2O/c1-2-9-3-5-11(6-4-9)18-12(13(14,15)16)10(8-19)7-17-18/h3-7,19H,2,8H2,1H3. The second-order valence-corrected chi connectivity index (χ2v) is 4.11. The fourth-order valence-corrected chi connectivity index (χ4v) is 1.87. The molecule has 3 nitrogen and oxygen atoms in total. The Morgan fingerprint density at radius 1 is 1.21 bits per heavy atom. The molecule has 1 aromatic heterocycles. The molecule has 0 radical (unpaired) electrons. The van der Waals surface area contributed by atoms with Crippen LogP contribution in [0.5, 0.6) is 0 Å². The highest BCUT2D eigenvalue weighted by atomic mass is 19.4. The first-order chi connectivity index (χ1) is 8.97. The summed E-state index contributed by atoms with van der Waals surface area (Å²) in [7, 11) is 0. The van der Waals surface area contributed by atoms with Crippen molar-refractivity contribution >= 4 is 0 Å². The molecule has 0 unspecified atom stereocenters. The van der Waals surface area contributed by atoms with Crippen LogP contribution in [-0.4, -0.2) is 14.9 Å². The summed E-state index contributed by atoms with van der Waals surface area (Å²) in [4.78, 5) is 0. The largest absolute Gasteiger partial charge is 0.433 e. The summed E-state index contributed by atoms with van der Waals surface area (Å²) in [5.41, 5.74) is 0.197. The Labute approximate surface area is 108 Å². The van der Waals surface area contributed by atoms with Crippen molar-refractivity contribution in [1.29, 1.82) is 0 Å². The topological polar surface area (TPSA) is 38.0 Å². The highest BCUT2D eigenvalue weighted by Crippen LogP contribution is 2.33. The summed E-state index contributed by atoms with van der Waals surface area (Å²) in [6.45, 7) is 1.27. The van der Waals surface area contributed by atoms with E-state index in [1.165, 1.54) is 0 Å². The highest BCUT2D eigenvalue weighted by molar-refractivity contribution is 5.38. The molecule has 0 atom stereocenters. The summed E-state index contributed by atoms with van der Waals surface area (Å²) >= 11 is 0. The Kier molecular flexibility index (Phi) is 3.61. The van der Waals surface area contributed by atoms with Crippen molar-refractivity contribution < 1.29 is 18.3 Å². The van der Waals surface area contributed by atoms with Crippen LogP contribution in [0.4, 0.5) is 13.2 Å². The van der Waals surface area contributed by atoms with Crippen molar-refractivity contribution in [2.75, 3.05) is 0 Å². The van der Waals surface area contributed by atoms with Crippen LogP contribution in [0.3, 0.4) is 0 Å². The van der Waals surface area contributed by atoms with E-state index in [0.29, 0.717) is 5.69 Å². The van der Waals surface area contributed by atoms with E-state index in [0.717, 1.165) is 22.9 Å². The molecule has 0 amide bonds. The van der Waals surface area contributed by atoms with Crippen molar-refractivity contribution in [2.24, 2.45) is 0 Å². The number of rotatable bonds is 3. The van der Waals surface area contributed by atoms with Gasteiger partial charge in [0.1, 0.15) is 0 Å². The van der Waals surface area contributed by atoms with Gasteiger partial charge in [0.2, 0.25) is 0 Å². The fraction of sp³-hybridized carbons (Fsp3) is 0.308. The highest BCUT2D eigenvalue weighted by Gasteiger charge is 2.38. The number of alkyl halides is 3. The maximum Gasteiger partial charge on any atom is 0.433 e. The second kappa shape index (κ2) is 5.05. The van der Waals surface area contributed by atoms with Crippen molar-refractivity contribution in [3.05, 3.63) is 47.3 Å². The van der Waals surface area contributed by atoms with Gasteiger partial charge in [-0.3, -0.25) is 0 Å². The average Bonchev–Trinajstić information content (AvgIpc) is 2.82. The predicted molar refractivity (Wildman–Crippen MR) is 63.9 cm³/mol. The number of aromatic nitrogens is 2. The Hall–Kier alpha value is -1.82. The molecule has 1 heterocycles. The van der Waals surface area contributed by atoms with Gasteiger partial charge in [-0.15, -0.1) is 0 Å². The number of nitrogens with zero attached hydrogens (tertiary/aromatic N) is 2. The minimum Gasteiger partial charge on any atom is -0.392 e. The van der Waals surface area contributed by atoms with Crippen LogP contribution in [0.2, 0.25) is 0 Å². The smallest absolute Gasteiger partial charge is 0.392 e. The van der Waals surface area contributed by atoms with E-state index < -0.39 is 18.5 Å². The van der Waals surface area contributed by atoms with E-state index in [-0.39, 0.29) is 5.56 Å². The van der Waals surface area contributed by atoms with Gasteiger partial charge >= 0.3 is 6.18 Å². The number of benzene rings is 1. The van der Waals surface area contributed by atoms with Crippen LogP contribution in [0.1, 0.15) is 23.7 Å². The van der Waals surface area contributed by atoms with Crippen LogP contribution in [0.25, 0.3) is 5.69 Å². The van der Waals surface area contributed by atoms with Gasteiger partial charge in [-0.05, 0) is 24.1 Å². The van der Waals surface area contributed by atoms with Crippen molar-refractivity contribution in [3.8, 4) is 5.69 Å². The molecule has 0 saturated heterocycles. The maximum atomic E-state index is 13.0. The van der Waals surface area contributed by atoms with Crippen LogP contribution in [0.15, 0.2) is 30.5 Å². The molecule has 0 bridgehead atoms. The van der Waals surface area contributed by atoms with E-state index in [1.54, 1.807) is 24.3 Å². The molecule has 0 fully saturated rings. The van der Waals surface area contributed by atoms with Crippen LogP contribution in [-0.2, 0) is 19.2 Å². The Balaban J connectivity index is 2.52. The quantitative estimate of drug-likeness (QED) is 0.931. The number of hydrogen-bond acceptors (Lipinski definition) is 2. The monoisotopic (exact) mass is 270 g/mol. The normalized spacial score (nSPS) is 11.8. The van der Waals surface area contributed by atoms with Gasteiger partial charge in [0.05, 0.1) is 18.5 Å². The molecule has 0 aliphatic rings. The van der Waals surface area contributed by atoms with Crippen molar-refractivity contribution in [2.45, 2.75) is 26.1 Å². The van der Waals surface area contributed by atoms with Crippen LogP contribution in [0, 0.1) is 0 Å². The first-order valence-corrected chi connectivity index (χ1v) is 5.81. The molecule has 2 aromatic rings. The van der Waals surface area contributed by atoms with Gasteiger partial charge in [0.15, 0.2) is 5.69 Å². The molecule has 2 rings (SSSR count). The average molecular weight is 270 g/mol. The Morgan fingerprint density at radius 3 is 2.32 bits per heavy atom. The van der Waals surface area contributed by atoms with Gasteiger partial charge in [-0.25, -0.2) is 4.68 Å². The number of aliphatic hydroxyl groups excluding tert-OH is 1. The molecule has 0 aliphatic carbocycles. The molecule has 0 spiro atoms. The zero-order valence-corrected chi connectivity index (χ0v) is 10.3. The summed E-state index contributed by atoms with van der Waals surface area (Å²) in [5, 5.41) is 12.7. The third-order valence-corrected chi connectivity index (χ3v) is 2.87. The Bertz CT molecular complexity index is 558. The number of aryl methyl sites for hydroxylation is 1. The summed E-state index contributed by atoms with van der Waals surface area (Å²) in [5.74, 6) is 0. The zero-order chi connectivity index (χ0) is 14.0. The Morgan fingerprint density at radius 2 is 1.84 bits per heavy atom. The van der Waals surface area contributed by atoms with Crippen LogP contribution >= 0.6 is 0 Å².